The smallest absolute Gasteiger partial charge is 0.416 e. The lowest BCUT2D eigenvalue weighted by atomic mass is 9.78. The molecule has 0 bridgehead atoms. The number of hydrogen-bond donors (Lipinski definition) is 1. The molecule has 17 heteroatoms. The van der Waals surface area contributed by atoms with Gasteiger partial charge in [0, 0.05) is 34.9 Å². The van der Waals surface area contributed by atoms with E-state index in [2.05, 4.69) is 9.97 Å². The molecule has 0 radical (unpaired) electrons. The van der Waals surface area contributed by atoms with Gasteiger partial charge >= 0.3 is 18.3 Å². The van der Waals surface area contributed by atoms with Crippen molar-refractivity contribution in [2.24, 2.45) is 5.92 Å². The van der Waals surface area contributed by atoms with Crippen LogP contribution in [0.1, 0.15) is 72.6 Å². The fourth-order valence-electron chi connectivity index (χ4n) is 6.52. The lowest BCUT2D eigenvalue weighted by Gasteiger charge is -2.39. The molecule has 8 nitrogen and oxygen atoms in total. The van der Waals surface area contributed by atoms with Crippen molar-refractivity contribution in [1.29, 1.82) is 0 Å². The Balaban J connectivity index is 1.51. The molecule has 2 aromatic carbocycles. The van der Waals surface area contributed by atoms with Crippen LogP contribution in [0.3, 0.4) is 0 Å². The second kappa shape index (κ2) is 14.5. The van der Waals surface area contributed by atoms with Gasteiger partial charge < -0.3 is 14.7 Å². The maximum Gasteiger partial charge on any atom is 0.416 e. The van der Waals surface area contributed by atoms with Gasteiger partial charge in [0.15, 0.2) is 0 Å². The fraction of sp³-hybridized carbons (Fsp3) is 0.471. The monoisotopic (exact) mass is 748 g/mol. The highest BCUT2D eigenvalue weighted by molar-refractivity contribution is 6.33. The quantitative estimate of drug-likeness (QED) is 0.154. The number of alkyl halides is 8. The summed E-state index contributed by atoms with van der Waals surface area (Å²) in [6.45, 7) is -0.0832. The Morgan fingerprint density at radius 2 is 1.65 bits per heavy atom. The highest BCUT2D eigenvalue weighted by Gasteiger charge is 2.45. The van der Waals surface area contributed by atoms with Crippen LogP contribution in [0.4, 0.5) is 41.1 Å². The zero-order valence-electron chi connectivity index (χ0n) is 27.2. The number of likely N-dealkylation sites (N-methyl/N-ethyl adjacent to an activating group) is 1. The summed E-state index contributed by atoms with van der Waals surface area (Å²) in [7, 11) is 1.48. The van der Waals surface area contributed by atoms with Gasteiger partial charge in [-0.05, 0) is 87.0 Å². The van der Waals surface area contributed by atoms with Crippen LogP contribution in [0.15, 0.2) is 42.6 Å². The molecule has 2 aliphatic rings. The summed E-state index contributed by atoms with van der Waals surface area (Å²) in [6.07, 6.45) is -8.26. The molecular formula is C34H33ClF8N4O4. The van der Waals surface area contributed by atoms with Gasteiger partial charge in [-0.15, -0.1) is 0 Å². The minimum absolute atomic E-state index is 0.0283. The maximum atomic E-state index is 13.8. The highest BCUT2D eigenvalue weighted by Crippen LogP contribution is 2.42. The van der Waals surface area contributed by atoms with E-state index in [0.29, 0.717) is 48.9 Å². The minimum Gasteiger partial charge on any atom is -0.481 e. The highest BCUT2D eigenvalue weighted by atomic mass is 35.5. The molecule has 0 spiro atoms. The minimum atomic E-state index is -5.14. The van der Waals surface area contributed by atoms with E-state index >= 15 is 0 Å². The van der Waals surface area contributed by atoms with Crippen molar-refractivity contribution in [1.82, 2.24) is 14.9 Å². The third kappa shape index (κ3) is 8.71. The Hall–Kier alpha value is -4.05. The van der Waals surface area contributed by atoms with E-state index in [1.165, 1.54) is 30.0 Å². The van der Waals surface area contributed by atoms with E-state index < -0.39 is 72.1 Å². The SMILES string of the molecule is C[C@@H]([C@H](OC=O)c1cc(C(F)(F)F)cc(C(F)(F)F)c1)N(C)Cc1nc(N2CC(F)(F)C2)ncc1-c1cc([C@H]2CC[C@H](C(=O)O)CC2)ccc1Cl. The Bertz CT molecular complexity index is 1720. The van der Waals surface area contributed by atoms with E-state index in [1.54, 1.807) is 6.07 Å². The number of aliphatic carboxylic acids is 1. The predicted molar refractivity (Wildman–Crippen MR) is 169 cm³/mol. The summed E-state index contributed by atoms with van der Waals surface area (Å²) >= 11 is 6.66. The van der Waals surface area contributed by atoms with Crippen molar-refractivity contribution in [3.63, 3.8) is 0 Å². The largest absolute Gasteiger partial charge is 0.481 e. The fourth-order valence-corrected chi connectivity index (χ4v) is 6.74. The molecule has 0 amide bonds. The first-order chi connectivity index (χ1) is 23.8. The molecule has 1 saturated carbocycles. The lowest BCUT2D eigenvalue weighted by Crippen LogP contribution is -2.57. The number of carboxylic acid groups (broad SMARTS) is 1. The molecule has 5 rings (SSSR count). The molecule has 276 valence electrons. The molecule has 2 heterocycles. The number of ether oxygens (including phenoxy) is 1. The van der Waals surface area contributed by atoms with E-state index in [9.17, 15) is 49.8 Å². The van der Waals surface area contributed by atoms with Crippen LogP contribution in [0.25, 0.3) is 11.1 Å². The lowest BCUT2D eigenvalue weighted by molar-refractivity contribution is -0.144. The van der Waals surface area contributed by atoms with Crippen LogP contribution in [0, 0.1) is 5.92 Å². The summed E-state index contributed by atoms with van der Waals surface area (Å²) in [4.78, 5) is 34.6. The Kier molecular flexibility index (Phi) is 10.9. The number of halogens is 9. The molecular weight excluding hydrogens is 716 g/mol. The number of benzene rings is 2. The summed E-state index contributed by atoms with van der Waals surface area (Å²) in [5, 5.41) is 9.68. The van der Waals surface area contributed by atoms with E-state index in [-0.39, 0.29) is 41.7 Å². The third-order valence-corrected chi connectivity index (χ3v) is 9.81. The van der Waals surface area contributed by atoms with Gasteiger partial charge in [-0.1, -0.05) is 17.7 Å². The first-order valence-electron chi connectivity index (χ1n) is 15.9. The van der Waals surface area contributed by atoms with Crippen molar-refractivity contribution in [3.8, 4) is 11.1 Å². The third-order valence-electron chi connectivity index (χ3n) is 9.48. The molecule has 51 heavy (non-hydrogen) atoms. The maximum absolute atomic E-state index is 13.8. The first kappa shape index (κ1) is 38.2. The van der Waals surface area contributed by atoms with Gasteiger partial charge in [0.2, 0.25) is 5.95 Å². The zero-order chi connectivity index (χ0) is 37.5. The number of anilines is 1. The van der Waals surface area contributed by atoms with E-state index in [0.717, 1.165) is 5.56 Å². The number of nitrogens with zero attached hydrogens (tertiary/aromatic N) is 4. The summed E-state index contributed by atoms with van der Waals surface area (Å²) in [5.74, 6) is -4.24. The van der Waals surface area contributed by atoms with Crippen LogP contribution < -0.4 is 4.90 Å². The van der Waals surface area contributed by atoms with Gasteiger partial charge in [-0.2, -0.15) is 26.3 Å². The summed E-state index contributed by atoms with van der Waals surface area (Å²) in [5.41, 5.74) is -1.75. The second-order valence-electron chi connectivity index (χ2n) is 13.0. The molecule has 1 aliphatic carbocycles. The standard InChI is InChI=1S/C34H33ClF8N4O4/c1-18(29(51-17-48)22-9-23(33(38,39)40)12-24(10-22)34(41,42)43)46(2)14-28-26(13-44-31(45-28)47-15-32(36,37)16-47)25-11-21(7-8-27(25)35)19-3-5-20(6-4-19)30(49)50/h7-13,17-20,29H,3-6,14-16H2,1-2H3,(H,49,50)/t18-,19-,20-,29-/m0/s1. The number of carbonyl (C=O) groups excluding carboxylic acids is 1. The first-order valence-corrected chi connectivity index (χ1v) is 16.2. The predicted octanol–water partition coefficient (Wildman–Crippen LogP) is 8.38. The van der Waals surface area contributed by atoms with Gasteiger partial charge in [0.25, 0.3) is 12.4 Å². The van der Waals surface area contributed by atoms with Crippen molar-refractivity contribution in [3.05, 3.63) is 75.6 Å². The number of hydrogen-bond acceptors (Lipinski definition) is 7. The summed E-state index contributed by atoms with van der Waals surface area (Å²) in [6, 6.07) is 5.20. The van der Waals surface area contributed by atoms with E-state index in [1.807, 2.05) is 12.1 Å². The van der Waals surface area contributed by atoms with Crippen LogP contribution in [-0.2, 0) is 33.2 Å². The van der Waals surface area contributed by atoms with Crippen molar-refractivity contribution < 1.29 is 54.6 Å². The number of aromatic nitrogens is 2. The Morgan fingerprint density at radius 3 is 2.18 bits per heavy atom. The second-order valence-corrected chi connectivity index (χ2v) is 13.4. The van der Waals surface area contributed by atoms with E-state index in [4.69, 9.17) is 16.3 Å². The van der Waals surface area contributed by atoms with Crippen LogP contribution in [-0.4, -0.2) is 64.5 Å². The number of rotatable bonds is 11. The topological polar surface area (TPSA) is 95.9 Å². The molecule has 1 N–H and O–H groups in total. The molecule has 2 atom stereocenters. The average molecular weight is 749 g/mol. The van der Waals surface area contributed by atoms with Gasteiger partial charge in [0.05, 0.1) is 35.8 Å². The van der Waals surface area contributed by atoms with Crippen molar-refractivity contribution in [2.45, 2.75) is 75.5 Å². The Labute approximate surface area is 292 Å². The van der Waals surface area contributed by atoms with Crippen molar-refractivity contribution in [2.75, 3.05) is 25.0 Å². The van der Waals surface area contributed by atoms with Crippen LogP contribution in [0.5, 0.6) is 0 Å². The molecule has 2 fully saturated rings. The molecule has 1 aromatic heterocycles. The zero-order valence-corrected chi connectivity index (χ0v) is 28.0. The molecule has 3 aromatic rings. The summed E-state index contributed by atoms with van der Waals surface area (Å²) < 4.78 is 115. The van der Waals surface area contributed by atoms with Gasteiger partial charge in [-0.3, -0.25) is 14.5 Å². The van der Waals surface area contributed by atoms with Crippen LogP contribution in [0.2, 0.25) is 5.02 Å². The van der Waals surface area contributed by atoms with Gasteiger partial charge in [-0.25, -0.2) is 18.7 Å². The Morgan fingerprint density at radius 1 is 1.04 bits per heavy atom. The average Bonchev–Trinajstić information content (AvgIpc) is 3.05. The number of carbonyl (C=O) groups is 2. The molecule has 1 saturated heterocycles. The van der Waals surface area contributed by atoms with Crippen molar-refractivity contribution >= 4 is 30.0 Å². The normalized spacial score (nSPS) is 20.4. The van der Waals surface area contributed by atoms with Gasteiger partial charge in [0.1, 0.15) is 6.10 Å². The number of carboxylic acids is 1. The molecule has 0 unspecified atom stereocenters. The van der Waals surface area contributed by atoms with Crippen LogP contribution >= 0.6 is 11.6 Å². The molecule has 1 aliphatic heterocycles.